The van der Waals surface area contributed by atoms with Gasteiger partial charge in [-0.05, 0) is 68.1 Å². The summed E-state index contributed by atoms with van der Waals surface area (Å²) in [7, 11) is -3.72. The minimum absolute atomic E-state index is 0.142. The number of nitriles is 1. The minimum atomic E-state index is -3.72. The number of fused-ring (bicyclic) bond motifs is 2. The molecule has 0 spiro atoms. The number of nitrogens with zero attached hydrogens (tertiary/aromatic N) is 3. The van der Waals surface area contributed by atoms with Crippen LogP contribution in [-0.2, 0) is 29.4 Å². The van der Waals surface area contributed by atoms with Crippen molar-refractivity contribution < 1.29 is 13.2 Å². The third-order valence-corrected chi connectivity index (χ3v) is 9.66. The number of para-hydroxylation sites is 1. The molecular weight excluding hydrogens is 480 g/mol. The number of carbonyl (C=O) groups is 1. The van der Waals surface area contributed by atoms with Crippen LogP contribution in [0.15, 0.2) is 53.4 Å². The molecule has 7 nitrogen and oxygen atoms in total. The Bertz CT molecular complexity index is 1440. The summed E-state index contributed by atoms with van der Waals surface area (Å²) in [5, 5.41) is 13.2. The molecule has 2 aliphatic heterocycles. The Morgan fingerprint density at radius 1 is 1.09 bits per heavy atom. The number of rotatable bonds is 5. The number of sulfonamides is 1. The van der Waals surface area contributed by atoms with E-state index >= 15 is 0 Å². The second-order valence-electron chi connectivity index (χ2n) is 9.07. The molecule has 1 amide bonds. The Morgan fingerprint density at radius 3 is 2.54 bits per heavy atom. The summed E-state index contributed by atoms with van der Waals surface area (Å²) >= 11 is 1.45. The normalized spacial score (nSPS) is 15.5. The van der Waals surface area contributed by atoms with Crippen LogP contribution in [0, 0.1) is 11.3 Å². The molecule has 5 rings (SSSR count). The Morgan fingerprint density at radius 2 is 1.83 bits per heavy atom. The monoisotopic (exact) mass is 506 g/mol. The lowest BCUT2D eigenvalue weighted by atomic mass is 10.0. The SMILES string of the molecule is CC(C)N1CCc2c(sc(NC(=O)c3ccc(S(=O)(=O)N4CCc5ccccc54)cc3)c2C#N)C1. The zero-order chi connectivity index (χ0) is 24.7. The fourth-order valence-corrected chi connectivity index (χ4v) is 7.43. The second-order valence-corrected chi connectivity index (χ2v) is 12.0. The van der Waals surface area contributed by atoms with Crippen molar-refractivity contribution in [2.24, 2.45) is 0 Å². The average Bonchev–Trinajstić information content (AvgIpc) is 3.44. The molecule has 0 saturated heterocycles. The van der Waals surface area contributed by atoms with E-state index in [-0.39, 0.29) is 10.8 Å². The molecule has 1 aromatic heterocycles. The van der Waals surface area contributed by atoms with Crippen molar-refractivity contribution in [1.29, 1.82) is 5.26 Å². The molecule has 0 atom stereocenters. The molecule has 0 bridgehead atoms. The van der Waals surface area contributed by atoms with E-state index in [0.717, 1.165) is 35.5 Å². The van der Waals surface area contributed by atoms with Gasteiger partial charge in [-0.1, -0.05) is 18.2 Å². The first-order valence-corrected chi connectivity index (χ1v) is 13.9. The van der Waals surface area contributed by atoms with E-state index in [9.17, 15) is 18.5 Å². The molecule has 3 heterocycles. The van der Waals surface area contributed by atoms with Crippen molar-refractivity contribution in [3.8, 4) is 6.07 Å². The summed E-state index contributed by atoms with van der Waals surface area (Å²) in [5.74, 6) is -0.365. The van der Waals surface area contributed by atoms with Crippen LogP contribution < -0.4 is 9.62 Å². The van der Waals surface area contributed by atoms with Crippen LogP contribution in [0.25, 0.3) is 0 Å². The molecule has 2 aliphatic rings. The molecule has 35 heavy (non-hydrogen) atoms. The van der Waals surface area contributed by atoms with Gasteiger partial charge in [-0.25, -0.2) is 8.42 Å². The molecule has 0 saturated carbocycles. The van der Waals surface area contributed by atoms with Gasteiger partial charge < -0.3 is 5.32 Å². The summed E-state index contributed by atoms with van der Waals surface area (Å²) in [5.41, 5.74) is 3.61. The third kappa shape index (κ3) is 4.22. The van der Waals surface area contributed by atoms with Crippen LogP contribution >= 0.6 is 11.3 Å². The van der Waals surface area contributed by atoms with Crippen molar-refractivity contribution in [3.05, 3.63) is 75.7 Å². The number of nitrogens with one attached hydrogen (secondary N) is 1. The van der Waals surface area contributed by atoms with Crippen LogP contribution in [0.1, 0.15) is 45.8 Å². The largest absolute Gasteiger partial charge is 0.312 e. The predicted octanol–water partition coefficient (Wildman–Crippen LogP) is 4.39. The van der Waals surface area contributed by atoms with Crippen LogP contribution in [0.5, 0.6) is 0 Å². The number of hydrogen-bond donors (Lipinski definition) is 1. The van der Waals surface area contributed by atoms with Crippen LogP contribution in [0.3, 0.4) is 0 Å². The number of carbonyl (C=O) groups excluding carboxylic acids is 1. The van der Waals surface area contributed by atoms with Gasteiger partial charge in [0.1, 0.15) is 11.1 Å². The lowest BCUT2D eigenvalue weighted by molar-refractivity contribution is 0.102. The summed E-state index contributed by atoms with van der Waals surface area (Å²) in [6, 6.07) is 16.1. The van der Waals surface area contributed by atoms with E-state index in [1.807, 2.05) is 24.3 Å². The highest BCUT2D eigenvalue weighted by Crippen LogP contribution is 2.37. The molecule has 2 aromatic carbocycles. The molecule has 0 unspecified atom stereocenters. The molecule has 0 radical (unpaired) electrons. The van der Waals surface area contributed by atoms with Crippen molar-refractivity contribution in [1.82, 2.24) is 4.90 Å². The highest BCUT2D eigenvalue weighted by Gasteiger charge is 2.31. The van der Waals surface area contributed by atoms with Crippen molar-refractivity contribution in [2.75, 3.05) is 22.7 Å². The van der Waals surface area contributed by atoms with Gasteiger partial charge in [0.25, 0.3) is 15.9 Å². The maximum atomic E-state index is 13.2. The molecule has 9 heteroatoms. The highest BCUT2D eigenvalue weighted by molar-refractivity contribution is 7.92. The van der Waals surface area contributed by atoms with Gasteiger partial charge in [0.15, 0.2) is 0 Å². The number of amides is 1. The Hall–Kier alpha value is -3.19. The van der Waals surface area contributed by atoms with Gasteiger partial charge in [-0.3, -0.25) is 14.0 Å². The zero-order valence-corrected chi connectivity index (χ0v) is 21.2. The van der Waals surface area contributed by atoms with Gasteiger partial charge in [0.05, 0.1) is 16.1 Å². The summed E-state index contributed by atoms with van der Waals surface area (Å²) < 4.78 is 27.9. The average molecular weight is 507 g/mol. The molecular formula is C26H26N4O3S2. The van der Waals surface area contributed by atoms with Gasteiger partial charge in [0.2, 0.25) is 0 Å². The number of benzene rings is 2. The Kier molecular flexibility index (Phi) is 6.13. The van der Waals surface area contributed by atoms with Gasteiger partial charge >= 0.3 is 0 Å². The Balaban J connectivity index is 1.35. The first-order chi connectivity index (χ1) is 16.8. The molecule has 3 aromatic rings. The lowest BCUT2D eigenvalue weighted by Gasteiger charge is -2.30. The molecule has 0 fully saturated rings. The maximum Gasteiger partial charge on any atom is 0.264 e. The lowest BCUT2D eigenvalue weighted by Crippen LogP contribution is -2.35. The van der Waals surface area contributed by atoms with E-state index in [0.29, 0.717) is 40.8 Å². The fraction of sp³-hybridized carbons (Fsp3) is 0.308. The van der Waals surface area contributed by atoms with Crippen LogP contribution in [-0.4, -0.2) is 38.4 Å². The standard InChI is InChI=1S/C26H26N4O3S2/c1-17(2)29-13-12-21-22(15-27)26(34-24(21)16-29)28-25(31)19-7-9-20(10-8-19)35(32,33)30-14-11-18-5-3-4-6-23(18)30/h3-10,17H,11-14,16H2,1-2H3,(H,28,31). The first kappa shape index (κ1) is 23.5. The minimum Gasteiger partial charge on any atom is -0.312 e. The predicted molar refractivity (Wildman–Crippen MR) is 137 cm³/mol. The molecule has 180 valence electrons. The van der Waals surface area contributed by atoms with E-state index < -0.39 is 10.0 Å². The van der Waals surface area contributed by atoms with Crippen LogP contribution in [0.4, 0.5) is 10.7 Å². The van der Waals surface area contributed by atoms with E-state index in [1.54, 1.807) is 0 Å². The van der Waals surface area contributed by atoms with Crippen molar-refractivity contribution >= 4 is 38.0 Å². The summed E-state index contributed by atoms with van der Waals surface area (Å²) in [6.45, 7) is 6.37. The van der Waals surface area contributed by atoms with Crippen LogP contribution in [0.2, 0.25) is 0 Å². The van der Waals surface area contributed by atoms with E-state index in [2.05, 4.69) is 30.1 Å². The summed E-state index contributed by atoms with van der Waals surface area (Å²) in [6.07, 6.45) is 1.46. The topological polar surface area (TPSA) is 93.5 Å². The quantitative estimate of drug-likeness (QED) is 0.554. The number of anilines is 2. The number of thiophene rings is 1. The van der Waals surface area contributed by atoms with E-state index in [1.165, 1.54) is 39.9 Å². The fourth-order valence-electron chi connectivity index (χ4n) is 4.71. The van der Waals surface area contributed by atoms with Gasteiger partial charge in [-0.15, -0.1) is 11.3 Å². The molecule has 0 aliphatic carbocycles. The zero-order valence-electron chi connectivity index (χ0n) is 19.6. The van der Waals surface area contributed by atoms with Gasteiger partial charge in [-0.2, -0.15) is 5.26 Å². The third-order valence-electron chi connectivity index (χ3n) is 6.70. The molecule has 1 N–H and O–H groups in total. The van der Waals surface area contributed by atoms with E-state index in [4.69, 9.17) is 0 Å². The van der Waals surface area contributed by atoms with Gasteiger partial charge in [0, 0.05) is 36.1 Å². The maximum absolute atomic E-state index is 13.2. The number of hydrogen-bond acceptors (Lipinski definition) is 6. The van der Waals surface area contributed by atoms with Crippen molar-refractivity contribution in [3.63, 3.8) is 0 Å². The van der Waals surface area contributed by atoms with Crippen molar-refractivity contribution in [2.45, 2.75) is 44.2 Å². The first-order valence-electron chi connectivity index (χ1n) is 11.6. The second kappa shape index (κ2) is 9.11. The Labute approximate surface area is 209 Å². The smallest absolute Gasteiger partial charge is 0.264 e. The summed E-state index contributed by atoms with van der Waals surface area (Å²) in [4.78, 5) is 16.6. The highest BCUT2D eigenvalue weighted by atomic mass is 32.2.